The maximum atomic E-state index is 5.22. The van der Waals surface area contributed by atoms with Crippen LogP contribution in [0.1, 0.15) is 24.0 Å². The Morgan fingerprint density at radius 1 is 0.864 bits per heavy atom. The lowest BCUT2D eigenvalue weighted by molar-refractivity contribution is 0.118. The lowest BCUT2D eigenvalue weighted by Gasteiger charge is -2.43. The van der Waals surface area contributed by atoms with E-state index in [1.54, 1.807) is 7.11 Å². The molecule has 0 atom stereocenters. The quantitative estimate of drug-likeness (QED) is 0.833. The molecule has 0 saturated carbocycles. The number of hydrogen-bond donors (Lipinski definition) is 0. The highest BCUT2D eigenvalue weighted by molar-refractivity contribution is 5.40. The van der Waals surface area contributed by atoms with E-state index in [0.29, 0.717) is 0 Å². The maximum Gasteiger partial charge on any atom is 0.0589 e. The van der Waals surface area contributed by atoms with Gasteiger partial charge < -0.3 is 9.64 Å². The van der Waals surface area contributed by atoms with Crippen molar-refractivity contribution in [1.29, 1.82) is 0 Å². The first-order valence-corrected chi connectivity index (χ1v) is 8.17. The topological polar surface area (TPSA) is 12.5 Å². The highest BCUT2D eigenvalue weighted by atomic mass is 16.5. The van der Waals surface area contributed by atoms with Crippen LogP contribution >= 0.6 is 0 Å². The Morgan fingerprint density at radius 2 is 1.36 bits per heavy atom. The Morgan fingerprint density at radius 3 is 1.82 bits per heavy atom. The van der Waals surface area contributed by atoms with Gasteiger partial charge in [-0.2, -0.15) is 0 Å². The normalized spacial score (nSPS) is 18.2. The van der Waals surface area contributed by atoms with Gasteiger partial charge in [0.05, 0.1) is 6.61 Å². The minimum absolute atomic E-state index is 0.159. The molecular weight excluding hydrogens is 270 g/mol. The second-order valence-corrected chi connectivity index (χ2v) is 6.15. The molecule has 22 heavy (non-hydrogen) atoms. The molecule has 0 aromatic heterocycles. The number of likely N-dealkylation sites (tertiary alicyclic amines) is 1. The Balaban J connectivity index is 1.87. The van der Waals surface area contributed by atoms with Crippen LogP contribution in [-0.4, -0.2) is 38.3 Å². The van der Waals surface area contributed by atoms with E-state index in [4.69, 9.17) is 4.74 Å². The zero-order valence-electron chi connectivity index (χ0n) is 13.4. The standard InChI is InChI=1S/C20H25NO/c1-22-17-16-21-14-12-20(13-15-21,18-8-4-2-5-9-18)19-10-6-3-7-11-19/h2-11H,12-17H2,1H3. The summed E-state index contributed by atoms with van der Waals surface area (Å²) in [4.78, 5) is 2.52. The molecule has 2 nitrogen and oxygen atoms in total. The molecule has 0 N–H and O–H groups in total. The van der Waals surface area contributed by atoms with Crippen molar-refractivity contribution < 1.29 is 4.74 Å². The number of benzene rings is 2. The van der Waals surface area contributed by atoms with Gasteiger partial charge in [0.25, 0.3) is 0 Å². The molecule has 1 aliphatic rings. The van der Waals surface area contributed by atoms with Crippen molar-refractivity contribution >= 4 is 0 Å². The average Bonchev–Trinajstić information content (AvgIpc) is 2.62. The molecule has 1 aliphatic heterocycles. The van der Waals surface area contributed by atoms with Gasteiger partial charge in [-0.3, -0.25) is 0 Å². The van der Waals surface area contributed by atoms with Crippen molar-refractivity contribution in [2.24, 2.45) is 0 Å². The van der Waals surface area contributed by atoms with E-state index in [1.807, 2.05) is 0 Å². The van der Waals surface area contributed by atoms with Gasteiger partial charge >= 0.3 is 0 Å². The Kier molecular flexibility index (Phi) is 4.91. The third-order valence-electron chi connectivity index (χ3n) is 4.97. The summed E-state index contributed by atoms with van der Waals surface area (Å²) in [7, 11) is 1.78. The van der Waals surface area contributed by atoms with Gasteiger partial charge in [-0.15, -0.1) is 0 Å². The summed E-state index contributed by atoms with van der Waals surface area (Å²) in [6.45, 7) is 4.13. The number of methoxy groups -OCH3 is 1. The molecule has 0 amide bonds. The van der Waals surface area contributed by atoms with Gasteiger partial charge in [-0.1, -0.05) is 60.7 Å². The van der Waals surface area contributed by atoms with Gasteiger partial charge in [0.1, 0.15) is 0 Å². The number of nitrogens with zero attached hydrogens (tertiary/aromatic N) is 1. The Bertz CT molecular complexity index is 517. The van der Waals surface area contributed by atoms with Gasteiger partial charge in [-0.25, -0.2) is 0 Å². The van der Waals surface area contributed by atoms with E-state index in [9.17, 15) is 0 Å². The third kappa shape index (κ3) is 3.08. The summed E-state index contributed by atoms with van der Waals surface area (Å²) in [5.74, 6) is 0. The fourth-order valence-corrected chi connectivity index (χ4v) is 3.64. The fraction of sp³-hybridized carbons (Fsp3) is 0.400. The van der Waals surface area contributed by atoms with Crippen molar-refractivity contribution in [2.45, 2.75) is 18.3 Å². The first-order chi connectivity index (χ1) is 10.8. The van der Waals surface area contributed by atoms with Crippen LogP contribution in [-0.2, 0) is 10.2 Å². The zero-order valence-corrected chi connectivity index (χ0v) is 13.4. The number of rotatable bonds is 5. The van der Waals surface area contributed by atoms with E-state index in [2.05, 4.69) is 65.6 Å². The largest absolute Gasteiger partial charge is 0.383 e. The Hall–Kier alpha value is -1.64. The minimum atomic E-state index is 0.159. The highest BCUT2D eigenvalue weighted by Crippen LogP contribution is 2.41. The smallest absolute Gasteiger partial charge is 0.0589 e. The van der Waals surface area contributed by atoms with Crippen LogP contribution in [0.5, 0.6) is 0 Å². The first-order valence-electron chi connectivity index (χ1n) is 8.17. The van der Waals surface area contributed by atoms with Crippen LogP contribution < -0.4 is 0 Å². The van der Waals surface area contributed by atoms with Crippen LogP contribution in [0.4, 0.5) is 0 Å². The highest BCUT2D eigenvalue weighted by Gasteiger charge is 2.37. The minimum Gasteiger partial charge on any atom is -0.383 e. The van der Waals surface area contributed by atoms with Crippen LogP contribution in [0, 0.1) is 0 Å². The van der Waals surface area contributed by atoms with Crippen molar-refractivity contribution in [3.63, 3.8) is 0 Å². The number of ether oxygens (including phenoxy) is 1. The van der Waals surface area contributed by atoms with Crippen LogP contribution in [0.2, 0.25) is 0 Å². The number of piperidine rings is 1. The van der Waals surface area contributed by atoms with E-state index in [-0.39, 0.29) is 5.41 Å². The van der Waals surface area contributed by atoms with E-state index < -0.39 is 0 Å². The Labute approximate surface area is 133 Å². The van der Waals surface area contributed by atoms with Crippen molar-refractivity contribution in [2.75, 3.05) is 33.4 Å². The molecule has 0 bridgehead atoms. The lowest BCUT2D eigenvalue weighted by Crippen LogP contribution is -2.44. The van der Waals surface area contributed by atoms with Crippen molar-refractivity contribution in [3.05, 3.63) is 71.8 Å². The first kappa shape index (κ1) is 15.3. The van der Waals surface area contributed by atoms with Gasteiger partial charge in [0.2, 0.25) is 0 Å². The molecule has 0 aliphatic carbocycles. The van der Waals surface area contributed by atoms with Crippen molar-refractivity contribution in [1.82, 2.24) is 4.90 Å². The average molecular weight is 295 g/mol. The molecule has 3 rings (SSSR count). The van der Waals surface area contributed by atoms with Gasteiger partial charge in [-0.05, 0) is 37.1 Å². The van der Waals surface area contributed by atoms with Gasteiger partial charge in [0, 0.05) is 19.1 Å². The third-order valence-corrected chi connectivity index (χ3v) is 4.97. The molecule has 0 unspecified atom stereocenters. The zero-order chi connectivity index (χ0) is 15.3. The molecule has 1 fully saturated rings. The molecule has 0 spiro atoms. The van der Waals surface area contributed by atoms with E-state index in [0.717, 1.165) is 26.2 Å². The lowest BCUT2D eigenvalue weighted by atomic mass is 9.68. The molecule has 2 aromatic rings. The van der Waals surface area contributed by atoms with Crippen molar-refractivity contribution in [3.8, 4) is 0 Å². The SMILES string of the molecule is COCCN1CCC(c2ccccc2)(c2ccccc2)CC1. The van der Waals surface area contributed by atoms with E-state index in [1.165, 1.54) is 24.0 Å². The monoisotopic (exact) mass is 295 g/mol. The van der Waals surface area contributed by atoms with Crippen LogP contribution in [0.15, 0.2) is 60.7 Å². The molecule has 1 saturated heterocycles. The predicted octanol–water partition coefficient (Wildman–Crippen LogP) is 3.71. The molecule has 2 aromatic carbocycles. The summed E-state index contributed by atoms with van der Waals surface area (Å²) in [5.41, 5.74) is 3.06. The number of hydrogen-bond acceptors (Lipinski definition) is 2. The molecule has 0 radical (unpaired) electrons. The van der Waals surface area contributed by atoms with Crippen LogP contribution in [0.25, 0.3) is 0 Å². The molecule has 2 heteroatoms. The molecule has 116 valence electrons. The molecule has 1 heterocycles. The second kappa shape index (κ2) is 7.08. The van der Waals surface area contributed by atoms with Gasteiger partial charge in [0.15, 0.2) is 0 Å². The molecular formula is C20H25NO. The summed E-state index contributed by atoms with van der Waals surface area (Å²) < 4.78 is 5.22. The fourth-order valence-electron chi connectivity index (χ4n) is 3.64. The summed E-state index contributed by atoms with van der Waals surface area (Å²) in [6, 6.07) is 22.0. The van der Waals surface area contributed by atoms with E-state index >= 15 is 0 Å². The summed E-state index contributed by atoms with van der Waals surface area (Å²) >= 11 is 0. The summed E-state index contributed by atoms with van der Waals surface area (Å²) in [6.07, 6.45) is 2.34. The maximum absolute atomic E-state index is 5.22. The summed E-state index contributed by atoms with van der Waals surface area (Å²) in [5, 5.41) is 0. The van der Waals surface area contributed by atoms with Crippen LogP contribution in [0.3, 0.4) is 0 Å². The predicted molar refractivity (Wildman–Crippen MR) is 91.2 cm³/mol. The second-order valence-electron chi connectivity index (χ2n) is 6.15.